The number of nitrogens with zero attached hydrogens (tertiary/aromatic N) is 4. The fourth-order valence-electron chi connectivity index (χ4n) is 2.94. The lowest BCUT2D eigenvalue weighted by Gasteiger charge is -2.19. The van der Waals surface area contributed by atoms with Crippen LogP contribution in [0.3, 0.4) is 0 Å². The Labute approximate surface area is 156 Å². The molecule has 2 aromatic rings. The van der Waals surface area contributed by atoms with Crippen LogP contribution in [0.25, 0.3) is 11.3 Å². The van der Waals surface area contributed by atoms with Gasteiger partial charge >= 0.3 is 0 Å². The molecular weight excluding hydrogens is 348 g/mol. The Kier molecular flexibility index (Phi) is 5.78. The lowest BCUT2D eigenvalue weighted by molar-refractivity contribution is -0.384. The molecule has 1 aliphatic carbocycles. The highest BCUT2D eigenvalue weighted by molar-refractivity contribution is 7.07. The van der Waals surface area contributed by atoms with Crippen molar-refractivity contribution in [1.82, 2.24) is 4.68 Å². The fraction of sp³-hybridized carbons (Fsp3) is 0.368. The number of nitro benzene ring substituents is 1. The van der Waals surface area contributed by atoms with Gasteiger partial charge in [-0.2, -0.15) is 5.10 Å². The van der Waals surface area contributed by atoms with E-state index in [-0.39, 0.29) is 10.6 Å². The molecule has 0 spiro atoms. The number of nitro groups is 1. The van der Waals surface area contributed by atoms with Crippen molar-refractivity contribution in [2.45, 2.75) is 32.6 Å². The van der Waals surface area contributed by atoms with E-state index in [1.54, 1.807) is 18.2 Å². The summed E-state index contributed by atoms with van der Waals surface area (Å²) in [5.74, 6) is 0.750. The summed E-state index contributed by atoms with van der Waals surface area (Å²) in [7, 11) is 0. The van der Waals surface area contributed by atoms with Crippen LogP contribution in [0, 0.1) is 16.0 Å². The number of hydrogen-bond donors (Lipinski definition) is 0. The van der Waals surface area contributed by atoms with Gasteiger partial charge in [-0.1, -0.05) is 13.0 Å². The van der Waals surface area contributed by atoms with Gasteiger partial charge in [0, 0.05) is 28.8 Å². The molecule has 6 nitrogen and oxygen atoms in total. The monoisotopic (exact) mass is 370 g/mol. The molecule has 26 heavy (non-hydrogen) atoms. The van der Waals surface area contributed by atoms with Crippen molar-refractivity contribution in [3.63, 3.8) is 0 Å². The molecule has 0 radical (unpaired) electrons. The van der Waals surface area contributed by atoms with Crippen molar-refractivity contribution in [1.29, 1.82) is 0 Å². The first-order valence-corrected chi connectivity index (χ1v) is 9.60. The molecule has 7 heteroatoms. The van der Waals surface area contributed by atoms with Gasteiger partial charge in [-0.3, -0.25) is 15.1 Å². The number of hydrogen-bond acceptors (Lipinski definition) is 5. The SMILES string of the molecule is C=CCN=c1scc(-c2ccc([N+](=O)[O-])cc2)n1N=C1CCC(C)CC1. The van der Waals surface area contributed by atoms with Gasteiger partial charge < -0.3 is 0 Å². The number of non-ortho nitro benzene ring substituents is 1. The van der Waals surface area contributed by atoms with E-state index >= 15 is 0 Å². The minimum absolute atomic E-state index is 0.0830. The van der Waals surface area contributed by atoms with Crippen LogP contribution in [0.15, 0.2) is 52.4 Å². The standard InChI is InChI=1S/C19H22N4O2S/c1-3-12-20-19-22(21-16-8-4-14(2)5-9-16)18(13-26-19)15-6-10-17(11-7-15)23(24)25/h3,6-7,10-11,13-14H,1,4-5,8-9,12H2,2H3. The van der Waals surface area contributed by atoms with Gasteiger partial charge in [0.2, 0.25) is 4.80 Å². The second kappa shape index (κ2) is 8.23. The first kappa shape index (κ1) is 18.3. The number of rotatable bonds is 5. The third kappa shape index (κ3) is 4.16. The third-order valence-corrected chi connectivity index (χ3v) is 5.36. The Balaban J connectivity index is 2.02. The van der Waals surface area contributed by atoms with Gasteiger partial charge in [0.1, 0.15) is 0 Å². The highest BCUT2D eigenvalue weighted by Gasteiger charge is 2.16. The number of aromatic nitrogens is 1. The first-order chi connectivity index (χ1) is 12.6. The van der Waals surface area contributed by atoms with Crippen molar-refractivity contribution in [3.05, 3.63) is 57.2 Å². The molecule has 1 aromatic carbocycles. The summed E-state index contributed by atoms with van der Waals surface area (Å²) in [6.45, 7) is 6.53. The second-order valence-corrected chi connectivity index (χ2v) is 7.33. The van der Waals surface area contributed by atoms with Gasteiger partial charge in [-0.05, 0) is 43.7 Å². The normalized spacial score (nSPS) is 18.0. The molecule has 1 saturated carbocycles. The zero-order chi connectivity index (χ0) is 18.5. The molecule has 0 atom stereocenters. The average Bonchev–Trinajstić information content (AvgIpc) is 3.04. The maximum absolute atomic E-state index is 10.9. The van der Waals surface area contributed by atoms with E-state index in [2.05, 4.69) is 18.5 Å². The Hall–Kier alpha value is -2.54. The predicted molar refractivity (Wildman–Crippen MR) is 105 cm³/mol. The van der Waals surface area contributed by atoms with Gasteiger partial charge in [0.25, 0.3) is 5.69 Å². The Morgan fingerprint density at radius 3 is 2.65 bits per heavy atom. The predicted octanol–water partition coefficient (Wildman–Crippen LogP) is 4.63. The lowest BCUT2D eigenvalue weighted by Crippen LogP contribution is -2.18. The summed E-state index contributed by atoms with van der Waals surface area (Å²) < 4.78 is 1.88. The fourth-order valence-corrected chi connectivity index (χ4v) is 3.78. The van der Waals surface area contributed by atoms with Crippen LogP contribution >= 0.6 is 11.3 Å². The summed E-state index contributed by atoms with van der Waals surface area (Å²) in [5, 5.41) is 17.8. The topological polar surface area (TPSA) is 72.8 Å². The molecule has 0 unspecified atom stereocenters. The van der Waals surface area contributed by atoms with Crippen molar-refractivity contribution < 1.29 is 4.92 Å². The maximum Gasteiger partial charge on any atom is 0.269 e. The minimum Gasteiger partial charge on any atom is -0.258 e. The van der Waals surface area contributed by atoms with Crippen LogP contribution in [0.5, 0.6) is 0 Å². The molecule has 3 rings (SSSR count). The summed E-state index contributed by atoms with van der Waals surface area (Å²) in [5.41, 5.74) is 3.06. The van der Waals surface area contributed by atoms with E-state index in [0.29, 0.717) is 6.54 Å². The van der Waals surface area contributed by atoms with Gasteiger partial charge in [-0.15, -0.1) is 17.9 Å². The third-order valence-electron chi connectivity index (χ3n) is 4.51. The Morgan fingerprint density at radius 2 is 2.04 bits per heavy atom. The Morgan fingerprint density at radius 1 is 1.35 bits per heavy atom. The average molecular weight is 370 g/mol. The van der Waals surface area contributed by atoms with E-state index in [1.165, 1.54) is 29.2 Å². The van der Waals surface area contributed by atoms with Crippen LogP contribution in [-0.2, 0) is 0 Å². The highest BCUT2D eigenvalue weighted by Crippen LogP contribution is 2.25. The molecule has 0 saturated heterocycles. The molecule has 136 valence electrons. The van der Waals surface area contributed by atoms with Crippen LogP contribution in [-0.4, -0.2) is 21.9 Å². The van der Waals surface area contributed by atoms with E-state index in [0.717, 1.165) is 47.7 Å². The number of benzene rings is 1. The van der Waals surface area contributed by atoms with E-state index in [4.69, 9.17) is 5.10 Å². The van der Waals surface area contributed by atoms with Crippen LogP contribution in [0.4, 0.5) is 5.69 Å². The summed E-state index contributed by atoms with van der Waals surface area (Å²) in [6, 6.07) is 6.56. The summed E-state index contributed by atoms with van der Waals surface area (Å²) >= 11 is 1.52. The van der Waals surface area contributed by atoms with E-state index in [9.17, 15) is 10.1 Å². The molecule has 0 N–H and O–H groups in total. The summed E-state index contributed by atoms with van der Waals surface area (Å²) in [4.78, 5) is 15.8. The smallest absolute Gasteiger partial charge is 0.258 e. The zero-order valence-corrected chi connectivity index (χ0v) is 15.6. The lowest BCUT2D eigenvalue weighted by atomic mass is 9.90. The zero-order valence-electron chi connectivity index (χ0n) is 14.8. The van der Waals surface area contributed by atoms with Gasteiger partial charge in [0.15, 0.2) is 0 Å². The second-order valence-electron chi connectivity index (χ2n) is 6.50. The van der Waals surface area contributed by atoms with Crippen molar-refractivity contribution in [3.8, 4) is 11.3 Å². The largest absolute Gasteiger partial charge is 0.269 e. The molecule has 1 heterocycles. The molecule has 0 amide bonds. The molecular formula is C19H22N4O2S. The van der Waals surface area contributed by atoms with Crippen molar-refractivity contribution >= 4 is 22.7 Å². The highest BCUT2D eigenvalue weighted by atomic mass is 32.1. The minimum atomic E-state index is -0.389. The van der Waals surface area contributed by atoms with Crippen molar-refractivity contribution in [2.75, 3.05) is 6.54 Å². The first-order valence-electron chi connectivity index (χ1n) is 8.72. The quantitative estimate of drug-likeness (QED) is 0.437. The van der Waals surface area contributed by atoms with Crippen molar-refractivity contribution in [2.24, 2.45) is 16.0 Å². The number of thiazole rings is 1. The molecule has 1 aliphatic rings. The maximum atomic E-state index is 10.9. The molecule has 1 aromatic heterocycles. The Bertz CT molecular complexity index is 883. The summed E-state index contributed by atoms with van der Waals surface area (Å²) in [6.07, 6.45) is 6.09. The molecule has 1 fully saturated rings. The van der Waals surface area contributed by atoms with E-state index < -0.39 is 0 Å². The van der Waals surface area contributed by atoms with E-state index in [1.807, 2.05) is 10.1 Å². The van der Waals surface area contributed by atoms with Crippen LogP contribution in [0.2, 0.25) is 0 Å². The van der Waals surface area contributed by atoms with Gasteiger partial charge in [0.05, 0.1) is 17.2 Å². The van der Waals surface area contributed by atoms with Gasteiger partial charge in [-0.25, -0.2) is 4.68 Å². The van der Waals surface area contributed by atoms with Crippen LogP contribution in [0.1, 0.15) is 32.6 Å². The van der Waals surface area contributed by atoms with Crippen LogP contribution < -0.4 is 4.80 Å². The molecule has 0 aliphatic heterocycles. The molecule has 0 bridgehead atoms.